The van der Waals surface area contributed by atoms with Gasteiger partial charge in [-0.3, -0.25) is 10.1 Å². The average molecular weight is 303 g/mol. The first-order chi connectivity index (χ1) is 10.6. The van der Waals surface area contributed by atoms with Gasteiger partial charge in [-0.1, -0.05) is 60.7 Å². The summed E-state index contributed by atoms with van der Waals surface area (Å²) in [5, 5.41) is 18.5. The molecule has 1 N–H and O–H groups in total. The lowest BCUT2D eigenvalue weighted by atomic mass is 10.2. The molecule has 0 fully saturated rings. The Balaban J connectivity index is 0.000000255. The fourth-order valence-corrected chi connectivity index (χ4v) is 1.47. The van der Waals surface area contributed by atoms with Crippen LogP contribution >= 0.6 is 0 Å². The third-order valence-corrected chi connectivity index (χ3v) is 2.53. The fraction of sp³-hybridized carbons (Fsp3) is 0.188. The van der Waals surface area contributed by atoms with Gasteiger partial charge in [-0.05, 0) is 11.1 Å². The van der Waals surface area contributed by atoms with E-state index < -0.39 is 17.4 Å². The van der Waals surface area contributed by atoms with Gasteiger partial charge in [0, 0.05) is 4.92 Å². The summed E-state index contributed by atoms with van der Waals surface area (Å²) in [5.74, 6) is -0.821. The second-order valence-electron chi connectivity index (χ2n) is 4.28. The van der Waals surface area contributed by atoms with Crippen molar-refractivity contribution in [3.63, 3.8) is 0 Å². The maximum atomic E-state index is 10.8. The van der Waals surface area contributed by atoms with Gasteiger partial charge in [0.1, 0.15) is 6.61 Å². The zero-order valence-electron chi connectivity index (χ0n) is 11.9. The van der Waals surface area contributed by atoms with Gasteiger partial charge in [0.15, 0.2) is 0 Å². The third kappa shape index (κ3) is 7.76. The molecule has 0 unspecified atom stereocenters. The normalized spacial score (nSPS) is 9.32. The highest BCUT2D eigenvalue weighted by Crippen LogP contribution is 2.00. The van der Waals surface area contributed by atoms with Crippen molar-refractivity contribution in [2.75, 3.05) is 6.54 Å². The molecule has 0 radical (unpaired) electrons. The minimum atomic E-state index is -0.821. The van der Waals surface area contributed by atoms with Gasteiger partial charge in [-0.2, -0.15) is 0 Å². The summed E-state index contributed by atoms with van der Waals surface area (Å²) in [4.78, 5) is 20.0. The highest BCUT2D eigenvalue weighted by Gasteiger charge is 2.10. The van der Waals surface area contributed by atoms with E-state index in [4.69, 9.17) is 5.11 Å². The molecule has 6 heteroatoms. The number of hydrogen-bond donors (Lipinski definition) is 1. The molecule has 0 aromatic heterocycles. The van der Waals surface area contributed by atoms with E-state index in [-0.39, 0.29) is 13.2 Å². The summed E-state index contributed by atoms with van der Waals surface area (Å²) in [6.07, 6.45) is 0. The van der Waals surface area contributed by atoms with Crippen LogP contribution in [0.3, 0.4) is 0 Å². The number of benzene rings is 2. The van der Waals surface area contributed by atoms with Crippen molar-refractivity contribution in [1.29, 1.82) is 0 Å². The zero-order chi connectivity index (χ0) is 16.2. The molecule has 2 rings (SSSR count). The average Bonchev–Trinajstić information content (AvgIpc) is 2.55. The van der Waals surface area contributed by atoms with Gasteiger partial charge in [-0.25, -0.2) is 4.79 Å². The minimum absolute atomic E-state index is 0.0769. The molecule has 2 aromatic carbocycles. The Kier molecular flexibility index (Phi) is 7.92. The number of aliphatic hydroxyl groups is 1. The molecule has 0 saturated heterocycles. The van der Waals surface area contributed by atoms with Crippen LogP contribution in [0.2, 0.25) is 0 Å². The number of aliphatic hydroxyl groups excluding tert-OH is 1. The summed E-state index contributed by atoms with van der Waals surface area (Å²) < 4.78 is 4.66. The first kappa shape index (κ1) is 17.3. The summed E-state index contributed by atoms with van der Waals surface area (Å²) in [7, 11) is 0. The molecule has 0 atom stereocenters. The lowest BCUT2D eigenvalue weighted by Crippen LogP contribution is -2.16. The molecule has 6 nitrogen and oxygen atoms in total. The van der Waals surface area contributed by atoms with E-state index in [2.05, 4.69) is 4.74 Å². The predicted molar refractivity (Wildman–Crippen MR) is 80.5 cm³/mol. The Bertz CT molecular complexity index is 572. The zero-order valence-corrected chi connectivity index (χ0v) is 11.9. The Hall–Kier alpha value is -2.73. The van der Waals surface area contributed by atoms with E-state index in [1.54, 1.807) is 24.3 Å². The first-order valence-corrected chi connectivity index (χ1v) is 6.58. The molecule has 116 valence electrons. The maximum Gasteiger partial charge on any atom is 0.378 e. The van der Waals surface area contributed by atoms with Crippen LogP contribution in [0.4, 0.5) is 0 Å². The smallest absolute Gasteiger partial charge is 0.378 e. The second-order valence-corrected chi connectivity index (χ2v) is 4.28. The third-order valence-electron chi connectivity index (χ3n) is 2.53. The van der Waals surface area contributed by atoms with Crippen LogP contribution < -0.4 is 0 Å². The molecule has 0 amide bonds. The molecule has 0 bridgehead atoms. The molecular formula is C16H17NO5. The van der Waals surface area contributed by atoms with Crippen molar-refractivity contribution in [3.8, 4) is 0 Å². The van der Waals surface area contributed by atoms with E-state index >= 15 is 0 Å². The van der Waals surface area contributed by atoms with E-state index in [1.807, 2.05) is 36.4 Å². The van der Waals surface area contributed by atoms with Crippen LogP contribution in [0.1, 0.15) is 11.1 Å². The van der Waals surface area contributed by atoms with Gasteiger partial charge in [0.2, 0.25) is 0 Å². The summed E-state index contributed by atoms with van der Waals surface area (Å²) in [6, 6.07) is 18.5. The molecule has 0 aliphatic heterocycles. The van der Waals surface area contributed by atoms with Gasteiger partial charge < -0.3 is 9.84 Å². The Morgan fingerprint density at radius 3 is 1.91 bits per heavy atom. The number of hydrogen-bond acceptors (Lipinski definition) is 5. The fourth-order valence-electron chi connectivity index (χ4n) is 1.47. The van der Waals surface area contributed by atoms with E-state index in [9.17, 15) is 14.9 Å². The summed E-state index contributed by atoms with van der Waals surface area (Å²) >= 11 is 0. The molecular weight excluding hydrogens is 286 g/mol. The van der Waals surface area contributed by atoms with Crippen LogP contribution in [0.5, 0.6) is 0 Å². The highest BCUT2D eigenvalue weighted by molar-refractivity contribution is 5.70. The highest BCUT2D eigenvalue weighted by atomic mass is 16.6. The van der Waals surface area contributed by atoms with Crippen molar-refractivity contribution in [3.05, 3.63) is 81.9 Å². The van der Waals surface area contributed by atoms with Crippen molar-refractivity contribution >= 4 is 5.97 Å². The Labute approximate surface area is 128 Å². The lowest BCUT2D eigenvalue weighted by Gasteiger charge is -2.01. The van der Waals surface area contributed by atoms with E-state index in [1.165, 1.54) is 0 Å². The van der Waals surface area contributed by atoms with Crippen molar-refractivity contribution < 1.29 is 19.6 Å². The number of carbonyl (C=O) groups excluding carboxylic acids is 1. The van der Waals surface area contributed by atoms with E-state index in [0.717, 1.165) is 11.1 Å². The predicted octanol–water partition coefficient (Wildman–Crippen LogP) is 2.19. The van der Waals surface area contributed by atoms with Gasteiger partial charge in [-0.15, -0.1) is 0 Å². The molecule has 0 saturated carbocycles. The Morgan fingerprint density at radius 2 is 1.50 bits per heavy atom. The number of nitro groups is 1. The number of ether oxygens (including phenoxy) is 1. The number of esters is 1. The first-order valence-electron chi connectivity index (χ1n) is 6.58. The van der Waals surface area contributed by atoms with Crippen LogP contribution in [0.15, 0.2) is 60.7 Å². The SMILES string of the molecule is O=C(C[N+](=O)[O-])OCc1ccccc1.OCc1ccccc1. The molecule has 0 spiro atoms. The summed E-state index contributed by atoms with van der Waals surface area (Å²) in [6.45, 7) is -0.568. The largest absolute Gasteiger partial charge is 0.456 e. The van der Waals surface area contributed by atoms with Crippen LogP contribution in [-0.4, -0.2) is 22.5 Å². The van der Waals surface area contributed by atoms with Crippen LogP contribution in [0.25, 0.3) is 0 Å². The topological polar surface area (TPSA) is 89.7 Å². The van der Waals surface area contributed by atoms with Gasteiger partial charge in [0.05, 0.1) is 6.61 Å². The minimum Gasteiger partial charge on any atom is -0.456 e. The summed E-state index contributed by atoms with van der Waals surface area (Å²) in [5.41, 5.74) is 1.77. The Morgan fingerprint density at radius 1 is 1.00 bits per heavy atom. The monoisotopic (exact) mass is 303 g/mol. The van der Waals surface area contributed by atoms with Gasteiger partial charge >= 0.3 is 5.97 Å². The van der Waals surface area contributed by atoms with Crippen molar-refractivity contribution in [1.82, 2.24) is 0 Å². The maximum absolute atomic E-state index is 10.8. The number of carbonyl (C=O) groups is 1. The van der Waals surface area contributed by atoms with E-state index in [0.29, 0.717) is 0 Å². The second kappa shape index (κ2) is 10.1. The molecule has 0 aliphatic rings. The van der Waals surface area contributed by atoms with Crippen LogP contribution in [-0.2, 0) is 22.7 Å². The molecule has 0 heterocycles. The quantitative estimate of drug-likeness (QED) is 0.519. The number of rotatable bonds is 5. The van der Waals surface area contributed by atoms with Gasteiger partial charge in [0.25, 0.3) is 6.54 Å². The van der Waals surface area contributed by atoms with Crippen LogP contribution in [0, 0.1) is 10.1 Å². The van der Waals surface area contributed by atoms with Crippen molar-refractivity contribution in [2.24, 2.45) is 0 Å². The molecule has 22 heavy (non-hydrogen) atoms. The molecule has 0 aliphatic carbocycles. The lowest BCUT2D eigenvalue weighted by molar-refractivity contribution is -0.470. The standard InChI is InChI=1S/C9H9NO4.C7H8O/c11-9(6-10(12)13)14-7-8-4-2-1-3-5-8;8-6-7-4-2-1-3-5-7/h1-5H,6-7H2;1-5,8H,6H2. The van der Waals surface area contributed by atoms with Crippen molar-refractivity contribution in [2.45, 2.75) is 13.2 Å². The molecule has 2 aromatic rings. The number of nitrogens with zero attached hydrogens (tertiary/aromatic N) is 1.